The van der Waals surface area contributed by atoms with Crippen molar-refractivity contribution in [3.63, 3.8) is 0 Å². The summed E-state index contributed by atoms with van der Waals surface area (Å²) < 4.78 is 20.8. The second-order valence-electron chi connectivity index (χ2n) is 8.19. The van der Waals surface area contributed by atoms with E-state index in [-0.39, 0.29) is 17.9 Å². The summed E-state index contributed by atoms with van der Waals surface area (Å²) in [5.41, 5.74) is 3.12. The highest BCUT2D eigenvalue weighted by atomic mass is 19.1. The van der Waals surface area contributed by atoms with Crippen molar-refractivity contribution in [2.45, 2.75) is 53.0 Å². The molecule has 7 heteroatoms. The van der Waals surface area contributed by atoms with Crippen LogP contribution in [-0.2, 0) is 20.9 Å². The van der Waals surface area contributed by atoms with E-state index in [4.69, 9.17) is 4.74 Å². The van der Waals surface area contributed by atoms with Crippen LogP contribution < -0.4 is 5.32 Å². The van der Waals surface area contributed by atoms with Crippen molar-refractivity contribution in [1.29, 1.82) is 0 Å². The third kappa shape index (κ3) is 4.61. The Balaban J connectivity index is 1.69. The number of Topliss-reactive ketones (excluding diaryl/α,β-unsaturated/α-hetero) is 1. The number of nitrogens with zero attached hydrogens (tertiary/aromatic N) is 1. The molecule has 160 valence electrons. The zero-order chi connectivity index (χ0) is 22.0. The minimum atomic E-state index is -0.861. The third-order valence-electron chi connectivity index (χ3n) is 5.49. The predicted octanol–water partition coefficient (Wildman–Crippen LogP) is 4.14. The van der Waals surface area contributed by atoms with Crippen molar-refractivity contribution in [3.05, 3.63) is 52.6 Å². The standard InChI is InChI=1S/C23H27FN2O4/c1-13(2)7-8-26-14(3)9-18(15(26)4)21(27)12-30-23(29)19-11-22(28)25-20-10-16(24)5-6-17(19)20/h5-6,9-10,13,19H,7-8,11-12H2,1-4H3,(H,25,28). The van der Waals surface area contributed by atoms with Crippen molar-refractivity contribution in [3.8, 4) is 0 Å². The average Bonchev–Trinajstić information content (AvgIpc) is 2.96. The fraction of sp³-hybridized carbons (Fsp3) is 0.435. The number of rotatable bonds is 7. The zero-order valence-electron chi connectivity index (χ0n) is 17.8. The molecule has 1 amide bonds. The van der Waals surface area contributed by atoms with E-state index in [1.54, 1.807) is 0 Å². The van der Waals surface area contributed by atoms with Crippen LogP contribution in [0.2, 0.25) is 0 Å². The number of hydrogen-bond acceptors (Lipinski definition) is 4. The Morgan fingerprint density at radius 1 is 1.27 bits per heavy atom. The number of anilines is 1. The topological polar surface area (TPSA) is 77.4 Å². The number of amides is 1. The number of fused-ring (bicyclic) bond motifs is 1. The van der Waals surface area contributed by atoms with Crippen LogP contribution in [0.5, 0.6) is 0 Å². The van der Waals surface area contributed by atoms with Gasteiger partial charge >= 0.3 is 5.97 Å². The van der Waals surface area contributed by atoms with E-state index < -0.39 is 30.2 Å². The van der Waals surface area contributed by atoms with Gasteiger partial charge in [0, 0.05) is 35.6 Å². The summed E-state index contributed by atoms with van der Waals surface area (Å²) in [6, 6.07) is 5.68. The van der Waals surface area contributed by atoms with Gasteiger partial charge in [-0.3, -0.25) is 14.4 Å². The molecule has 6 nitrogen and oxygen atoms in total. The minimum absolute atomic E-state index is 0.102. The largest absolute Gasteiger partial charge is 0.457 e. The number of aryl methyl sites for hydroxylation is 1. The molecule has 1 unspecified atom stereocenters. The Morgan fingerprint density at radius 3 is 2.70 bits per heavy atom. The highest BCUT2D eigenvalue weighted by Gasteiger charge is 2.32. The van der Waals surface area contributed by atoms with E-state index in [0.29, 0.717) is 17.0 Å². The minimum Gasteiger partial charge on any atom is -0.457 e. The molecule has 1 N–H and O–H groups in total. The molecule has 0 saturated carbocycles. The molecule has 1 aliphatic heterocycles. The van der Waals surface area contributed by atoms with E-state index in [1.165, 1.54) is 18.2 Å². The first-order chi connectivity index (χ1) is 14.2. The lowest BCUT2D eigenvalue weighted by molar-refractivity contribution is -0.145. The van der Waals surface area contributed by atoms with Gasteiger partial charge < -0.3 is 14.6 Å². The summed E-state index contributed by atoms with van der Waals surface area (Å²) in [4.78, 5) is 37.2. The van der Waals surface area contributed by atoms with Crippen LogP contribution in [-0.4, -0.2) is 28.8 Å². The Labute approximate surface area is 175 Å². The summed E-state index contributed by atoms with van der Waals surface area (Å²) in [5, 5.41) is 2.56. The third-order valence-corrected chi connectivity index (χ3v) is 5.49. The van der Waals surface area contributed by atoms with E-state index in [2.05, 4.69) is 23.7 Å². The molecule has 0 spiro atoms. The first-order valence-electron chi connectivity index (χ1n) is 10.1. The van der Waals surface area contributed by atoms with Crippen LogP contribution in [0.3, 0.4) is 0 Å². The number of ether oxygens (including phenoxy) is 1. The summed E-state index contributed by atoms with van der Waals surface area (Å²) >= 11 is 0. The van der Waals surface area contributed by atoms with Crippen LogP contribution in [0.1, 0.15) is 59.9 Å². The van der Waals surface area contributed by atoms with Crippen molar-refractivity contribution in [1.82, 2.24) is 4.57 Å². The molecule has 0 aliphatic carbocycles. The molecule has 0 bridgehead atoms. The van der Waals surface area contributed by atoms with Gasteiger partial charge in [0.15, 0.2) is 6.61 Å². The van der Waals surface area contributed by atoms with E-state index >= 15 is 0 Å². The maximum atomic E-state index is 13.4. The lowest BCUT2D eigenvalue weighted by Gasteiger charge is -2.24. The number of benzene rings is 1. The molecule has 3 rings (SSSR count). The number of hydrogen-bond donors (Lipinski definition) is 1. The first-order valence-corrected chi connectivity index (χ1v) is 10.1. The fourth-order valence-corrected chi connectivity index (χ4v) is 3.78. The molecule has 1 aromatic heterocycles. The molecule has 0 saturated heterocycles. The SMILES string of the molecule is Cc1cc(C(=O)COC(=O)C2CC(=O)Nc3cc(F)ccc32)c(C)n1CCC(C)C. The highest BCUT2D eigenvalue weighted by molar-refractivity contribution is 6.02. The monoisotopic (exact) mass is 414 g/mol. The number of esters is 1. The normalized spacial score (nSPS) is 15.7. The first kappa shape index (κ1) is 21.7. The van der Waals surface area contributed by atoms with E-state index in [0.717, 1.165) is 24.4 Å². The smallest absolute Gasteiger partial charge is 0.314 e. The summed E-state index contributed by atoms with van der Waals surface area (Å²) in [6.07, 6.45) is 0.901. The fourth-order valence-electron chi connectivity index (χ4n) is 3.78. The Bertz CT molecular complexity index is 993. The maximum Gasteiger partial charge on any atom is 0.314 e. The molecule has 2 aromatic rings. The number of carbonyl (C=O) groups is 3. The second-order valence-corrected chi connectivity index (χ2v) is 8.19. The highest BCUT2D eigenvalue weighted by Crippen LogP contribution is 2.33. The number of ketones is 1. The van der Waals surface area contributed by atoms with Crippen LogP contribution in [0.4, 0.5) is 10.1 Å². The Hall–Kier alpha value is -2.96. The van der Waals surface area contributed by atoms with Crippen LogP contribution in [0.15, 0.2) is 24.3 Å². The molecule has 30 heavy (non-hydrogen) atoms. The quantitative estimate of drug-likeness (QED) is 0.546. The predicted molar refractivity (Wildman–Crippen MR) is 111 cm³/mol. The van der Waals surface area contributed by atoms with E-state index in [1.807, 2.05) is 19.9 Å². The van der Waals surface area contributed by atoms with Gasteiger partial charge in [0.05, 0.1) is 5.92 Å². The number of nitrogens with one attached hydrogen (secondary N) is 1. The molecular weight excluding hydrogens is 387 g/mol. The van der Waals surface area contributed by atoms with E-state index in [9.17, 15) is 18.8 Å². The molecule has 1 aliphatic rings. The van der Waals surface area contributed by atoms with Gasteiger partial charge in [-0.25, -0.2) is 4.39 Å². The molecule has 2 heterocycles. The van der Waals surface area contributed by atoms with Gasteiger partial charge in [-0.2, -0.15) is 0 Å². The summed E-state index contributed by atoms with van der Waals surface area (Å²) in [7, 11) is 0. The molecule has 0 radical (unpaired) electrons. The van der Waals surface area contributed by atoms with Crippen molar-refractivity contribution in [2.24, 2.45) is 5.92 Å². The van der Waals surface area contributed by atoms with Crippen LogP contribution in [0, 0.1) is 25.6 Å². The van der Waals surface area contributed by atoms with Crippen molar-refractivity contribution >= 4 is 23.3 Å². The summed E-state index contributed by atoms with van der Waals surface area (Å²) in [5.74, 6) is -2.16. The second kappa shape index (κ2) is 8.81. The van der Waals surface area contributed by atoms with Gasteiger partial charge in [-0.1, -0.05) is 19.9 Å². The lowest BCUT2D eigenvalue weighted by Crippen LogP contribution is -2.29. The van der Waals surface area contributed by atoms with Gasteiger partial charge in [0.1, 0.15) is 5.82 Å². The average molecular weight is 414 g/mol. The van der Waals surface area contributed by atoms with Crippen LogP contribution in [0.25, 0.3) is 0 Å². The molecular formula is C23H27FN2O4. The van der Waals surface area contributed by atoms with Crippen molar-refractivity contribution < 1.29 is 23.5 Å². The van der Waals surface area contributed by atoms with Gasteiger partial charge in [-0.15, -0.1) is 0 Å². The summed E-state index contributed by atoms with van der Waals surface area (Å²) in [6.45, 7) is 8.57. The Morgan fingerprint density at radius 2 is 2.00 bits per heavy atom. The number of carbonyl (C=O) groups excluding carboxylic acids is 3. The van der Waals surface area contributed by atoms with Gasteiger partial charge in [-0.05, 0) is 49.9 Å². The molecule has 1 atom stereocenters. The van der Waals surface area contributed by atoms with Gasteiger partial charge in [0.2, 0.25) is 11.7 Å². The van der Waals surface area contributed by atoms with Crippen molar-refractivity contribution in [2.75, 3.05) is 11.9 Å². The van der Waals surface area contributed by atoms with Crippen LogP contribution >= 0.6 is 0 Å². The zero-order valence-corrected chi connectivity index (χ0v) is 17.8. The molecule has 0 fully saturated rings. The molecule has 1 aromatic carbocycles. The van der Waals surface area contributed by atoms with Gasteiger partial charge in [0.25, 0.3) is 0 Å². The number of aromatic nitrogens is 1. The number of halogens is 1. The Kier molecular flexibility index (Phi) is 6.39. The lowest BCUT2D eigenvalue weighted by atomic mass is 9.90. The maximum absolute atomic E-state index is 13.4.